The molecule has 5 nitrogen and oxygen atoms in total. The van der Waals surface area contributed by atoms with Crippen LogP contribution in [0.2, 0.25) is 5.28 Å². The first-order chi connectivity index (χ1) is 5.33. The maximum absolute atomic E-state index is 9.90. The van der Waals surface area contributed by atoms with E-state index < -0.39 is 0 Å². The van der Waals surface area contributed by atoms with Crippen LogP contribution in [0.15, 0.2) is 6.20 Å². The number of nitrogens with one attached hydrogen (secondary N) is 1. The highest BCUT2D eigenvalue weighted by atomic mass is 35.5. The van der Waals surface area contributed by atoms with E-state index in [4.69, 9.17) is 11.6 Å². The number of anilines is 1. The van der Waals surface area contributed by atoms with Gasteiger partial charge in [0.2, 0.25) is 5.28 Å². The van der Waals surface area contributed by atoms with Gasteiger partial charge in [-0.2, -0.15) is 10.1 Å². The Morgan fingerprint density at radius 2 is 2.55 bits per heavy atom. The summed E-state index contributed by atoms with van der Waals surface area (Å²) in [7, 11) is 0. The zero-order valence-corrected chi connectivity index (χ0v) is 6.25. The summed E-state index contributed by atoms with van der Waals surface area (Å²) >= 11 is 5.41. The molecule has 58 valence electrons. The number of hydrogen-bond donors (Lipinski definition) is 1. The molecule has 0 unspecified atom stereocenters. The lowest BCUT2D eigenvalue weighted by Gasteiger charge is -1.97. The van der Waals surface area contributed by atoms with Gasteiger partial charge in [-0.3, -0.25) is 0 Å². The average molecular weight is 173 g/mol. The van der Waals surface area contributed by atoms with Crippen LogP contribution < -0.4 is 5.32 Å². The first kappa shape index (κ1) is 7.87. The smallest absolute Gasteiger partial charge is 0.244 e. The Labute approximate surface area is 67.8 Å². The van der Waals surface area contributed by atoms with Crippen molar-refractivity contribution in [2.45, 2.75) is 0 Å². The predicted molar refractivity (Wildman–Crippen MR) is 39.4 cm³/mol. The van der Waals surface area contributed by atoms with Crippen molar-refractivity contribution in [2.24, 2.45) is 0 Å². The molecule has 0 fully saturated rings. The van der Waals surface area contributed by atoms with Crippen LogP contribution in [0.4, 0.5) is 5.82 Å². The number of hydrogen-bond acceptors (Lipinski definition) is 5. The van der Waals surface area contributed by atoms with E-state index >= 15 is 0 Å². The summed E-state index contributed by atoms with van der Waals surface area (Å²) in [6.07, 6.45) is 2.10. The Morgan fingerprint density at radius 3 is 3.18 bits per heavy atom. The Bertz CT molecular complexity index is 254. The second-order valence-corrected chi connectivity index (χ2v) is 2.00. The third-order valence-electron chi connectivity index (χ3n) is 0.899. The second-order valence-electron chi connectivity index (χ2n) is 1.66. The molecule has 0 bridgehead atoms. The molecule has 0 aliphatic rings. The van der Waals surface area contributed by atoms with E-state index in [0.29, 0.717) is 5.82 Å². The van der Waals surface area contributed by atoms with E-state index in [1.165, 1.54) is 6.20 Å². The van der Waals surface area contributed by atoms with Gasteiger partial charge in [-0.05, 0) is 11.6 Å². The molecule has 0 amide bonds. The molecule has 1 N–H and O–H groups in total. The summed E-state index contributed by atoms with van der Waals surface area (Å²) in [5.74, 6) is 0.442. The number of nitrogens with zero attached hydrogens (tertiary/aromatic N) is 3. The highest BCUT2D eigenvalue weighted by molar-refractivity contribution is 6.28. The monoisotopic (exact) mass is 172 g/mol. The van der Waals surface area contributed by atoms with Crippen molar-refractivity contribution in [3.05, 3.63) is 11.5 Å². The number of rotatable bonds is 3. The van der Waals surface area contributed by atoms with Crippen molar-refractivity contribution in [3.63, 3.8) is 0 Å². The van der Waals surface area contributed by atoms with E-state index in [2.05, 4.69) is 20.5 Å². The van der Waals surface area contributed by atoms with Crippen molar-refractivity contribution in [1.82, 2.24) is 15.2 Å². The minimum Gasteiger partial charge on any atom is -0.362 e. The molecule has 0 aromatic carbocycles. The molecule has 0 spiro atoms. The molecular weight excluding hydrogens is 168 g/mol. The lowest BCUT2D eigenvalue weighted by atomic mass is 10.6. The molecule has 11 heavy (non-hydrogen) atoms. The zero-order chi connectivity index (χ0) is 8.10. The number of halogens is 1. The molecule has 1 aromatic rings. The molecule has 1 aromatic heterocycles. The normalized spacial score (nSPS) is 9.18. The van der Waals surface area contributed by atoms with Crippen molar-refractivity contribution >= 4 is 23.7 Å². The second kappa shape index (κ2) is 3.82. The van der Waals surface area contributed by atoms with Gasteiger partial charge in [-0.1, -0.05) is 0 Å². The van der Waals surface area contributed by atoms with Gasteiger partial charge < -0.3 is 10.1 Å². The Kier molecular flexibility index (Phi) is 2.74. The highest BCUT2D eigenvalue weighted by Crippen LogP contribution is 2.01. The minimum atomic E-state index is 0.0564. The number of aromatic nitrogens is 3. The van der Waals surface area contributed by atoms with Crippen LogP contribution in [0.3, 0.4) is 0 Å². The predicted octanol–water partition coefficient (Wildman–Crippen LogP) is 0.136. The number of aldehydes is 1. The van der Waals surface area contributed by atoms with Gasteiger partial charge >= 0.3 is 0 Å². The summed E-state index contributed by atoms with van der Waals surface area (Å²) in [6.45, 7) is 0.190. The molecule has 0 saturated carbocycles. The van der Waals surface area contributed by atoms with E-state index in [9.17, 15) is 4.79 Å². The molecule has 1 rings (SSSR count). The van der Waals surface area contributed by atoms with E-state index in [1.54, 1.807) is 0 Å². The average Bonchev–Trinajstić information content (AvgIpc) is 2.01. The van der Waals surface area contributed by atoms with Crippen LogP contribution >= 0.6 is 11.6 Å². The van der Waals surface area contributed by atoms with Gasteiger partial charge in [0.25, 0.3) is 0 Å². The van der Waals surface area contributed by atoms with Gasteiger partial charge in [0, 0.05) is 0 Å². The SMILES string of the molecule is O=CCNc1cnnc(Cl)n1. The maximum Gasteiger partial charge on any atom is 0.244 e. The molecule has 0 radical (unpaired) electrons. The van der Waals surface area contributed by atoms with Crippen LogP contribution in [0.5, 0.6) is 0 Å². The van der Waals surface area contributed by atoms with Crippen molar-refractivity contribution in [3.8, 4) is 0 Å². The first-order valence-corrected chi connectivity index (χ1v) is 3.23. The van der Waals surface area contributed by atoms with E-state index in [-0.39, 0.29) is 11.8 Å². The van der Waals surface area contributed by atoms with Crippen molar-refractivity contribution in [1.29, 1.82) is 0 Å². The van der Waals surface area contributed by atoms with Crippen LogP contribution in [0.25, 0.3) is 0 Å². The summed E-state index contributed by atoms with van der Waals surface area (Å²) < 4.78 is 0. The summed E-state index contributed by atoms with van der Waals surface area (Å²) in [4.78, 5) is 13.6. The van der Waals surface area contributed by atoms with Crippen LogP contribution in [-0.2, 0) is 4.79 Å². The quantitative estimate of drug-likeness (QED) is 0.657. The van der Waals surface area contributed by atoms with E-state index in [1.807, 2.05) is 0 Å². The molecule has 0 aliphatic carbocycles. The first-order valence-electron chi connectivity index (χ1n) is 2.85. The summed E-state index contributed by atoms with van der Waals surface area (Å²) in [5, 5.41) is 9.66. The van der Waals surface area contributed by atoms with Crippen molar-refractivity contribution < 1.29 is 4.79 Å². The third-order valence-corrected chi connectivity index (χ3v) is 1.06. The largest absolute Gasteiger partial charge is 0.362 e. The molecule has 1 heterocycles. The molecule has 0 atom stereocenters. The fourth-order valence-electron chi connectivity index (χ4n) is 0.513. The highest BCUT2D eigenvalue weighted by Gasteiger charge is 1.94. The molecule has 0 saturated heterocycles. The minimum absolute atomic E-state index is 0.0564. The molecule has 0 aliphatic heterocycles. The lowest BCUT2D eigenvalue weighted by Crippen LogP contribution is -2.04. The Hall–Kier alpha value is -1.23. The fraction of sp³-hybridized carbons (Fsp3) is 0.200. The summed E-state index contributed by atoms with van der Waals surface area (Å²) in [6, 6.07) is 0. The van der Waals surface area contributed by atoms with E-state index in [0.717, 1.165) is 6.29 Å². The Balaban J connectivity index is 2.63. The maximum atomic E-state index is 9.90. The topological polar surface area (TPSA) is 67.8 Å². The van der Waals surface area contributed by atoms with Gasteiger partial charge in [-0.25, -0.2) is 0 Å². The van der Waals surface area contributed by atoms with Gasteiger partial charge in [0.15, 0.2) is 0 Å². The van der Waals surface area contributed by atoms with Crippen LogP contribution in [0, 0.1) is 0 Å². The fourth-order valence-corrected chi connectivity index (χ4v) is 0.648. The Morgan fingerprint density at radius 1 is 1.73 bits per heavy atom. The number of carbonyl (C=O) groups is 1. The summed E-state index contributed by atoms with van der Waals surface area (Å²) in [5.41, 5.74) is 0. The standard InChI is InChI=1S/C5H5ClN4O/c6-5-9-4(3-8-10-5)7-1-2-11/h2-3H,1H2,(H,7,9,10). The lowest BCUT2D eigenvalue weighted by molar-refractivity contribution is -0.106. The van der Waals surface area contributed by atoms with Crippen LogP contribution in [0.1, 0.15) is 0 Å². The van der Waals surface area contributed by atoms with Gasteiger partial charge in [-0.15, -0.1) is 5.10 Å². The van der Waals surface area contributed by atoms with Crippen molar-refractivity contribution in [2.75, 3.05) is 11.9 Å². The molecule has 6 heteroatoms. The van der Waals surface area contributed by atoms with Gasteiger partial charge in [0.05, 0.1) is 12.7 Å². The van der Waals surface area contributed by atoms with Gasteiger partial charge in [0.1, 0.15) is 12.1 Å². The van der Waals surface area contributed by atoms with Crippen LogP contribution in [-0.4, -0.2) is 28.0 Å². The molecular formula is C5H5ClN4O. The zero-order valence-electron chi connectivity index (χ0n) is 5.49. The third kappa shape index (κ3) is 2.46. The number of carbonyl (C=O) groups excluding carboxylic acids is 1.